The predicted octanol–water partition coefficient (Wildman–Crippen LogP) is 7.52. The lowest BCUT2D eigenvalue weighted by molar-refractivity contribution is -0.376. The molecule has 2 N–H and O–H groups in total. The highest BCUT2D eigenvalue weighted by atomic mass is 19.4. The summed E-state index contributed by atoms with van der Waals surface area (Å²) in [6.45, 7) is 4.31. The molecular formula is C37H40F6N2O6. The highest BCUT2D eigenvalue weighted by Crippen LogP contribution is 2.51. The zero-order chi connectivity index (χ0) is 37.0. The molecule has 51 heavy (non-hydrogen) atoms. The largest absolute Gasteiger partial charge is 0.493 e. The lowest BCUT2D eigenvalue weighted by Crippen LogP contribution is -2.54. The van der Waals surface area contributed by atoms with E-state index >= 15 is 0 Å². The number of carbonyl (C=O) groups is 2. The lowest BCUT2D eigenvalue weighted by Gasteiger charge is -2.33. The van der Waals surface area contributed by atoms with Crippen molar-refractivity contribution < 1.29 is 55.2 Å². The van der Waals surface area contributed by atoms with Gasteiger partial charge >= 0.3 is 18.4 Å². The number of rotatable bonds is 14. The van der Waals surface area contributed by atoms with Crippen LogP contribution in [-0.2, 0) is 35.2 Å². The van der Waals surface area contributed by atoms with Crippen molar-refractivity contribution in [3.8, 4) is 17.2 Å². The zero-order valence-corrected chi connectivity index (χ0v) is 28.3. The standard InChI is InChI=1S/C37H40F6N2O6/c1-3-10-25-21-28(35(48,36(38,39)40)37(41,42)43)22-26(14-13-24-11-6-5-7-12-24)31(25)51-18-9-8-17-45-32(46)34(4-2,44-33(45)47)27-15-16-29-30(23-27)50-20-19-49-29/h5-7,11-12,15-16,21-23,48H,3-4,8-10,13-14,17-20H2,1-2H3,(H,44,47). The van der Waals surface area contributed by atoms with Gasteiger partial charge in [0.05, 0.1) is 6.61 Å². The molecular weight excluding hydrogens is 682 g/mol. The number of fused-ring (bicyclic) bond motifs is 1. The van der Waals surface area contributed by atoms with Gasteiger partial charge in [0.15, 0.2) is 11.5 Å². The number of hydrogen-bond acceptors (Lipinski definition) is 6. The predicted molar refractivity (Wildman–Crippen MR) is 175 cm³/mol. The van der Waals surface area contributed by atoms with E-state index in [1.807, 2.05) is 0 Å². The molecule has 3 amide bonds. The van der Waals surface area contributed by atoms with Crippen LogP contribution >= 0.6 is 0 Å². The molecule has 276 valence electrons. The van der Waals surface area contributed by atoms with E-state index in [9.17, 15) is 41.0 Å². The van der Waals surface area contributed by atoms with E-state index in [-0.39, 0.29) is 55.7 Å². The van der Waals surface area contributed by atoms with Gasteiger partial charge in [-0.05, 0) is 85.0 Å². The van der Waals surface area contributed by atoms with Crippen molar-refractivity contribution in [2.45, 2.75) is 82.3 Å². The number of alkyl halides is 6. The fraction of sp³-hybridized carbons (Fsp3) is 0.459. The number of urea groups is 1. The Balaban J connectivity index is 1.33. The van der Waals surface area contributed by atoms with E-state index in [0.29, 0.717) is 49.5 Å². The highest BCUT2D eigenvalue weighted by molar-refractivity contribution is 6.07. The van der Waals surface area contributed by atoms with Gasteiger partial charge in [0, 0.05) is 12.1 Å². The van der Waals surface area contributed by atoms with Crippen molar-refractivity contribution in [2.24, 2.45) is 0 Å². The molecule has 1 fully saturated rings. The molecule has 0 spiro atoms. The summed E-state index contributed by atoms with van der Waals surface area (Å²) in [4.78, 5) is 27.8. The molecule has 2 aliphatic rings. The van der Waals surface area contributed by atoms with Gasteiger partial charge in [-0.25, -0.2) is 4.79 Å². The normalized spacial score (nSPS) is 17.9. The molecule has 0 aliphatic carbocycles. The Kier molecular flexibility index (Phi) is 11.1. The van der Waals surface area contributed by atoms with Crippen LogP contribution in [0, 0.1) is 0 Å². The molecule has 8 nitrogen and oxygen atoms in total. The van der Waals surface area contributed by atoms with Crippen molar-refractivity contribution in [1.29, 1.82) is 0 Å². The van der Waals surface area contributed by atoms with Gasteiger partial charge in [0.25, 0.3) is 11.5 Å². The average molecular weight is 723 g/mol. The molecule has 0 aromatic heterocycles. The third-order valence-corrected chi connectivity index (χ3v) is 9.29. The second-order valence-corrected chi connectivity index (χ2v) is 12.6. The number of benzene rings is 3. The van der Waals surface area contributed by atoms with Crippen LogP contribution in [0.25, 0.3) is 0 Å². The average Bonchev–Trinajstić information content (AvgIpc) is 3.35. The summed E-state index contributed by atoms with van der Waals surface area (Å²) >= 11 is 0. The highest BCUT2D eigenvalue weighted by Gasteiger charge is 2.71. The molecule has 14 heteroatoms. The Morgan fingerprint density at radius 1 is 0.843 bits per heavy atom. The summed E-state index contributed by atoms with van der Waals surface area (Å²) in [5.41, 5.74) is -6.16. The van der Waals surface area contributed by atoms with Gasteiger partial charge in [-0.15, -0.1) is 0 Å². The smallest absolute Gasteiger partial charge is 0.430 e. The summed E-state index contributed by atoms with van der Waals surface area (Å²) in [6.07, 6.45) is -10.4. The number of carbonyl (C=O) groups excluding carboxylic acids is 2. The number of halogens is 6. The molecule has 1 unspecified atom stereocenters. The number of nitrogens with one attached hydrogen (secondary N) is 1. The fourth-order valence-electron chi connectivity index (χ4n) is 6.52. The molecule has 1 atom stereocenters. The van der Waals surface area contributed by atoms with Crippen LogP contribution in [-0.4, -0.2) is 60.7 Å². The van der Waals surface area contributed by atoms with E-state index < -0.39 is 41.0 Å². The maximum absolute atomic E-state index is 13.9. The van der Waals surface area contributed by atoms with Crippen molar-refractivity contribution in [3.63, 3.8) is 0 Å². The van der Waals surface area contributed by atoms with E-state index in [2.05, 4.69) is 5.32 Å². The van der Waals surface area contributed by atoms with Gasteiger partial charge in [-0.2, -0.15) is 26.3 Å². The number of aliphatic hydroxyl groups is 1. The summed E-state index contributed by atoms with van der Waals surface area (Å²) in [6, 6.07) is 14.9. The molecule has 1 saturated heterocycles. The van der Waals surface area contributed by atoms with Gasteiger partial charge in [-0.1, -0.05) is 56.7 Å². The Morgan fingerprint density at radius 3 is 2.12 bits per heavy atom. The number of amides is 3. The first-order valence-corrected chi connectivity index (χ1v) is 16.9. The quantitative estimate of drug-likeness (QED) is 0.102. The molecule has 0 saturated carbocycles. The van der Waals surface area contributed by atoms with Crippen molar-refractivity contribution in [2.75, 3.05) is 26.4 Å². The minimum Gasteiger partial charge on any atom is -0.493 e. The Hall–Kier alpha value is -4.46. The first kappa shape index (κ1) is 37.8. The minimum atomic E-state index is -6.04. The van der Waals surface area contributed by atoms with Crippen molar-refractivity contribution >= 4 is 11.9 Å². The zero-order valence-electron chi connectivity index (χ0n) is 28.3. The lowest BCUT2D eigenvalue weighted by atomic mass is 9.86. The van der Waals surface area contributed by atoms with E-state index in [0.717, 1.165) is 22.6 Å². The SMILES string of the molecule is CCCc1cc(C(O)(C(F)(F)F)C(F)(F)F)cc(CCc2ccccc2)c1OCCCCN1C(=O)NC(CC)(c2ccc3c(c2)OCCO3)C1=O. The summed E-state index contributed by atoms with van der Waals surface area (Å²) in [5.74, 6) is 0.741. The Labute approximate surface area is 291 Å². The summed E-state index contributed by atoms with van der Waals surface area (Å²) in [5, 5.41) is 13.1. The van der Waals surface area contributed by atoms with Crippen LogP contribution in [0.1, 0.15) is 67.3 Å². The second-order valence-electron chi connectivity index (χ2n) is 12.6. The molecule has 5 rings (SSSR count). The Morgan fingerprint density at radius 2 is 1.49 bits per heavy atom. The van der Waals surface area contributed by atoms with Crippen LogP contribution < -0.4 is 19.5 Å². The topological polar surface area (TPSA) is 97.3 Å². The first-order valence-electron chi connectivity index (χ1n) is 16.9. The monoisotopic (exact) mass is 722 g/mol. The van der Waals surface area contributed by atoms with Gasteiger partial charge in [-0.3, -0.25) is 9.69 Å². The van der Waals surface area contributed by atoms with Crippen LogP contribution in [0.5, 0.6) is 17.2 Å². The van der Waals surface area contributed by atoms with Crippen molar-refractivity contribution in [3.05, 3.63) is 88.5 Å². The molecule has 2 heterocycles. The first-order chi connectivity index (χ1) is 24.2. The molecule has 0 radical (unpaired) electrons. The maximum atomic E-state index is 13.9. The third kappa shape index (κ3) is 7.46. The number of hydrogen-bond donors (Lipinski definition) is 2. The minimum absolute atomic E-state index is 0.00192. The fourth-order valence-corrected chi connectivity index (χ4v) is 6.52. The number of ether oxygens (including phenoxy) is 3. The maximum Gasteiger partial charge on any atom is 0.430 e. The van der Waals surface area contributed by atoms with Gasteiger partial charge < -0.3 is 24.6 Å². The molecule has 2 aliphatic heterocycles. The summed E-state index contributed by atoms with van der Waals surface area (Å²) < 4.78 is 101. The number of aryl methyl sites for hydroxylation is 3. The molecule has 3 aromatic rings. The van der Waals surface area contributed by atoms with E-state index in [1.165, 1.54) is 0 Å². The number of nitrogens with zero attached hydrogens (tertiary/aromatic N) is 1. The van der Waals surface area contributed by atoms with Crippen LogP contribution in [0.4, 0.5) is 31.1 Å². The van der Waals surface area contributed by atoms with Crippen LogP contribution in [0.2, 0.25) is 0 Å². The van der Waals surface area contributed by atoms with Gasteiger partial charge in [0.2, 0.25) is 0 Å². The number of imide groups is 1. The van der Waals surface area contributed by atoms with E-state index in [4.69, 9.17) is 14.2 Å². The second kappa shape index (κ2) is 15.0. The van der Waals surface area contributed by atoms with Crippen LogP contribution in [0.3, 0.4) is 0 Å². The molecule has 3 aromatic carbocycles. The Bertz CT molecular complexity index is 1700. The van der Waals surface area contributed by atoms with E-state index in [1.54, 1.807) is 62.4 Å². The van der Waals surface area contributed by atoms with Crippen LogP contribution in [0.15, 0.2) is 60.7 Å². The summed E-state index contributed by atoms with van der Waals surface area (Å²) in [7, 11) is 0. The van der Waals surface area contributed by atoms with Crippen molar-refractivity contribution in [1.82, 2.24) is 10.2 Å². The van der Waals surface area contributed by atoms with Gasteiger partial charge in [0.1, 0.15) is 24.5 Å². The third-order valence-electron chi connectivity index (χ3n) is 9.29. The number of unbranched alkanes of at least 4 members (excludes halogenated alkanes) is 1. The molecule has 0 bridgehead atoms.